The summed E-state index contributed by atoms with van der Waals surface area (Å²) in [5.41, 5.74) is 0. The van der Waals surface area contributed by atoms with E-state index in [-0.39, 0.29) is 5.92 Å². The van der Waals surface area contributed by atoms with Gasteiger partial charge in [-0.15, -0.1) is 0 Å². The van der Waals surface area contributed by atoms with Crippen molar-refractivity contribution in [2.75, 3.05) is 7.05 Å². The fraction of sp³-hybridized carbons (Fsp3) is 0.727. The lowest BCUT2D eigenvalue weighted by molar-refractivity contribution is -0.142. The van der Waals surface area contributed by atoms with Crippen molar-refractivity contribution in [2.24, 2.45) is 5.92 Å². The van der Waals surface area contributed by atoms with Gasteiger partial charge >= 0.3 is 12.1 Å². The van der Waals surface area contributed by atoms with Crippen molar-refractivity contribution in [2.45, 2.75) is 39.3 Å². The van der Waals surface area contributed by atoms with E-state index in [9.17, 15) is 14.4 Å². The number of rotatable bonds is 6. The standard InChI is InChI=1S/C11H20N2O5/c1-6(2)5-8(13(4)11(17)18)9(14)12-7(3)10(15)16/h6-8H,5H2,1-4H3,(H,12,14)(H,15,16)(H,17,18)/t7-,8-/m0/s1. The highest BCUT2D eigenvalue weighted by atomic mass is 16.4. The number of aliphatic carboxylic acids is 1. The molecular weight excluding hydrogens is 240 g/mol. The smallest absolute Gasteiger partial charge is 0.407 e. The van der Waals surface area contributed by atoms with Gasteiger partial charge in [-0.05, 0) is 19.3 Å². The van der Waals surface area contributed by atoms with Crippen LogP contribution < -0.4 is 5.32 Å². The number of carbonyl (C=O) groups excluding carboxylic acids is 1. The number of carboxylic acids is 1. The molecular formula is C11H20N2O5. The minimum atomic E-state index is -1.22. The predicted octanol–water partition coefficient (Wildman–Crippen LogP) is 0.600. The van der Waals surface area contributed by atoms with Crippen LogP contribution >= 0.6 is 0 Å². The molecule has 0 rings (SSSR count). The van der Waals surface area contributed by atoms with Crippen LogP contribution in [0.4, 0.5) is 4.79 Å². The molecule has 0 aromatic heterocycles. The van der Waals surface area contributed by atoms with Gasteiger partial charge in [0.1, 0.15) is 12.1 Å². The van der Waals surface area contributed by atoms with Crippen molar-refractivity contribution in [3.8, 4) is 0 Å². The second kappa shape index (κ2) is 6.83. The molecule has 0 spiro atoms. The van der Waals surface area contributed by atoms with Gasteiger partial charge in [-0.3, -0.25) is 14.5 Å². The van der Waals surface area contributed by atoms with Gasteiger partial charge in [-0.1, -0.05) is 13.8 Å². The Morgan fingerprint density at radius 2 is 1.67 bits per heavy atom. The first-order valence-electron chi connectivity index (χ1n) is 5.65. The van der Waals surface area contributed by atoms with Crippen molar-refractivity contribution in [1.82, 2.24) is 10.2 Å². The molecule has 0 aromatic rings. The molecule has 0 saturated heterocycles. The molecule has 104 valence electrons. The highest BCUT2D eigenvalue weighted by molar-refractivity contribution is 5.88. The molecule has 7 nitrogen and oxygen atoms in total. The first kappa shape index (κ1) is 16.2. The highest BCUT2D eigenvalue weighted by Gasteiger charge is 2.29. The number of hydrogen-bond donors (Lipinski definition) is 3. The third kappa shape index (κ3) is 5.03. The Labute approximate surface area is 106 Å². The fourth-order valence-corrected chi connectivity index (χ4v) is 1.39. The van der Waals surface area contributed by atoms with Gasteiger partial charge in [0.2, 0.25) is 5.91 Å². The second-order valence-corrected chi connectivity index (χ2v) is 4.61. The summed E-state index contributed by atoms with van der Waals surface area (Å²) < 4.78 is 0. The number of hydrogen-bond acceptors (Lipinski definition) is 3. The van der Waals surface area contributed by atoms with Crippen molar-refractivity contribution in [3.05, 3.63) is 0 Å². The highest BCUT2D eigenvalue weighted by Crippen LogP contribution is 2.11. The van der Waals surface area contributed by atoms with E-state index < -0.39 is 30.1 Å². The second-order valence-electron chi connectivity index (χ2n) is 4.61. The van der Waals surface area contributed by atoms with E-state index in [2.05, 4.69) is 5.32 Å². The van der Waals surface area contributed by atoms with Crippen LogP contribution in [0.2, 0.25) is 0 Å². The zero-order valence-corrected chi connectivity index (χ0v) is 11.0. The Morgan fingerprint density at radius 1 is 1.17 bits per heavy atom. The number of nitrogens with zero attached hydrogens (tertiary/aromatic N) is 1. The van der Waals surface area contributed by atoms with Crippen LogP contribution in [0, 0.1) is 5.92 Å². The summed E-state index contributed by atoms with van der Waals surface area (Å²) in [6.45, 7) is 5.04. The molecule has 0 aliphatic carbocycles. The monoisotopic (exact) mass is 260 g/mol. The Morgan fingerprint density at radius 3 is 2.00 bits per heavy atom. The van der Waals surface area contributed by atoms with Crippen molar-refractivity contribution >= 4 is 18.0 Å². The normalized spacial score (nSPS) is 13.8. The van der Waals surface area contributed by atoms with Gasteiger partial charge in [0.15, 0.2) is 0 Å². The number of likely N-dealkylation sites (N-methyl/N-ethyl adjacent to an activating group) is 1. The molecule has 0 aliphatic heterocycles. The minimum Gasteiger partial charge on any atom is -0.480 e. The molecule has 0 saturated carbocycles. The van der Waals surface area contributed by atoms with Crippen LogP contribution in [-0.4, -0.2) is 52.2 Å². The number of carboxylic acid groups (broad SMARTS) is 2. The maximum Gasteiger partial charge on any atom is 0.407 e. The van der Waals surface area contributed by atoms with E-state index in [4.69, 9.17) is 10.2 Å². The van der Waals surface area contributed by atoms with Crippen LogP contribution in [0.15, 0.2) is 0 Å². The topological polar surface area (TPSA) is 107 Å². The SMILES string of the molecule is CC(C)C[C@@H](C(=O)N[C@@H](C)C(=O)O)N(C)C(=O)O. The summed E-state index contributed by atoms with van der Waals surface area (Å²) in [5, 5.41) is 19.9. The summed E-state index contributed by atoms with van der Waals surface area (Å²) in [5.74, 6) is -1.64. The van der Waals surface area contributed by atoms with E-state index in [0.717, 1.165) is 4.90 Å². The summed E-state index contributed by atoms with van der Waals surface area (Å²) in [4.78, 5) is 34.3. The van der Waals surface area contributed by atoms with Gasteiger partial charge in [0, 0.05) is 7.05 Å². The van der Waals surface area contributed by atoms with Gasteiger partial charge < -0.3 is 15.5 Å². The lowest BCUT2D eigenvalue weighted by atomic mass is 10.0. The zero-order valence-electron chi connectivity index (χ0n) is 11.0. The molecule has 2 amide bonds. The van der Waals surface area contributed by atoms with E-state index in [1.54, 1.807) is 0 Å². The molecule has 0 unspecified atom stereocenters. The lowest BCUT2D eigenvalue weighted by Gasteiger charge is -2.27. The Bertz CT molecular complexity index is 329. The van der Waals surface area contributed by atoms with Crippen molar-refractivity contribution in [3.63, 3.8) is 0 Å². The molecule has 0 heterocycles. The van der Waals surface area contributed by atoms with Crippen LogP contribution in [0.5, 0.6) is 0 Å². The van der Waals surface area contributed by atoms with Gasteiger partial charge in [0.25, 0.3) is 0 Å². The first-order valence-corrected chi connectivity index (χ1v) is 5.65. The van der Waals surface area contributed by atoms with Crippen molar-refractivity contribution in [1.29, 1.82) is 0 Å². The summed E-state index contributed by atoms with van der Waals surface area (Å²) in [6, 6.07) is -1.93. The van der Waals surface area contributed by atoms with Crippen LogP contribution in [0.3, 0.4) is 0 Å². The molecule has 0 aliphatic rings. The Kier molecular flexibility index (Phi) is 6.15. The average Bonchev–Trinajstić information content (AvgIpc) is 2.23. The van der Waals surface area contributed by atoms with E-state index in [1.165, 1.54) is 14.0 Å². The zero-order chi connectivity index (χ0) is 14.5. The molecule has 0 radical (unpaired) electrons. The minimum absolute atomic E-state index is 0.114. The predicted molar refractivity (Wildman–Crippen MR) is 64.3 cm³/mol. The molecule has 0 bridgehead atoms. The van der Waals surface area contributed by atoms with Crippen molar-refractivity contribution < 1.29 is 24.6 Å². The van der Waals surface area contributed by atoms with Gasteiger partial charge in [-0.25, -0.2) is 4.79 Å². The van der Waals surface area contributed by atoms with Gasteiger partial charge in [-0.2, -0.15) is 0 Å². The summed E-state index contributed by atoms with van der Waals surface area (Å²) >= 11 is 0. The molecule has 3 N–H and O–H groups in total. The van der Waals surface area contributed by atoms with Gasteiger partial charge in [0.05, 0.1) is 0 Å². The fourth-order valence-electron chi connectivity index (χ4n) is 1.39. The van der Waals surface area contributed by atoms with Crippen LogP contribution in [0.1, 0.15) is 27.2 Å². The van der Waals surface area contributed by atoms with E-state index >= 15 is 0 Å². The number of carbonyl (C=O) groups is 3. The largest absolute Gasteiger partial charge is 0.480 e. The quantitative estimate of drug-likeness (QED) is 0.648. The molecule has 18 heavy (non-hydrogen) atoms. The number of amides is 2. The molecule has 2 atom stereocenters. The molecule has 0 aromatic carbocycles. The Hall–Kier alpha value is -1.79. The Balaban J connectivity index is 4.80. The van der Waals surface area contributed by atoms with E-state index in [1.807, 2.05) is 13.8 Å². The lowest BCUT2D eigenvalue weighted by Crippen LogP contribution is -2.51. The molecule has 7 heteroatoms. The van der Waals surface area contributed by atoms with Crippen LogP contribution in [-0.2, 0) is 9.59 Å². The molecule has 0 fully saturated rings. The maximum atomic E-state index is 11.9. The third-order valence-electron chi connectivity index (χ3n) is 2.50. The van der Waals surface area contributed by atoms with E-state index in [0.29, 0.717) is 6.42 Å². The third-order valence-corrected chi connectivity index (χ3v) is 2.50. The first-order chi connectivity index (χ1) is 8.16. The maximum absolute atomic E-state index is 11.9. The summed E-state index contributed by atoms with van der Waals surface area (Å²) in [7, 11) is 1.29. The number of nitrogens with one attached hydrogen (secondary N) is 1. The average molecular weight is 260 g/mol. The summed E-state index contributed by atoms with van der Waals surface area (Å²) in [6.07, 6.45) is -0.889. The van der Waals surface area contributed by atoms with Crippen LogP contribution in [0.25, 0.3) is 0 Å².